The van der Waals surface area contributed by atoms with Gasteiger partial charge in [0.25, 0.3) is 0 Å². The minimum Gasteiger partial charge on any atom is -0.356 e. The molecular formula is C21H32N2O3S. The van der Waals surface area contributed by atoms with Gasteiger partial charge >= 0.3 is 0 Å². The van der Waals surface area contributed by atoms with Gasteiger partial charge in [-0.2, -0.15) is 0 Å². The molecular weight excluding hydrogens is 360 g/mol. The number of benzene rings is 1. The molecule has 6 heteroatoms. The van der Waals surface area contributed by atoms with E-state index in [1.807, 2.05) is 32.0 Å². The van der Waals surface area contributed by atoms with E-state index in [0.29, 0.717) is 12.2 Å². The second kappa shape index (κ2) is 9.93. The van der Waals surface area contributed by atoms with Gasteiger partial charge in [0, 0.05) is 19.5 Å². The normalized spacial score (nSPS) is 14.6. The third-order valence-electron chi connectivity index (χ3n) is 5.05. The van der Waals surface area contributed by atoms with Crippen molar-refractivity contribution >= 4 is 21.6 Å². The first-order valence-corrected chi connectivity index (χ1v) is 11.7. The molecule has 1 aromatic carbocycles. The van der Waals surface area contributed by atoms with E-state index in [2.05, 4.69) is 11.4 Å². The highest BCUT2D eigenvalue weighted by atomic mass is 32.2. The summed E-state index contributed by atoms with van der Waals surface area (Å²) in [5, 5.41) is 2.93. The fourth-order valence-electron chi connectivity index (χ4n) is 3.59. The second-order valence-electron chi connectivity index (χ2n) is 7.23. The maximum atomic E-state index is 12.4. The molecule has 0 bridgehead atoms. The van der Waals surface area contributed by atoms with Crippen molar-refractivity contribution in [3.05, 3.63) is 41.0 Å². The van der Waals surface area contributed by atoms with Crippen LogP contribution in [0.4, 0.5) is 5.69 Å². The van der Waals surface area contributed by atoms with Crippen molar-refractivity contribution in [3.8, 4) is 0 Å². The van der Waals surface area contributed by atoms with Crippen LogP contribution < -0.4 is 9.62 Å². The van der Waals surface area contributed by atoms with E-state index in [1.54, 1.807) is 0 Å². The monoisotopic (exact) mass is 392 g/mol. The number of rotatable bonds is 9. The van der Waals surface area contributed by atoms with Crippen molar-refractivity contribution < 1.29 is 13.2 Å². The largest absolute Gasteiger partial charge is 0.356 e. The molecule has 1 aliphatic rings. The average molecular weight is 393 g/mol. The Labute approximate surface area is 163 Å². The standard InChI is InChI=1S/C21H32N2O3S/c1-4-19-12-8-9-17(2)21(19)23(27(3,25)26)16-14-20(24)22-15-13-18-10-6-5-7-11-18/h8-10,12H,4-7,11,13-16H2,1-3H3,(H,22,24). The number of allylic oxidation sites excluding steroid dienone is 1. The summed E-state index contributed by atoms with van der Waals surface area (Å²) < 4.78 is 26.1. The maximum absolute atomic E-state index is 12.4. The van der Waals surface area contributed by atoms with E-state index in [9.17, 15) is 13.2 Å². The van der Waals surface area contributed by atoms with Crippen LogP contribution in [0.2, 0.25) is 0 Å². The molecule has 150 valence electrons. The summed E-state index contributed by atoms with van der Waals surface area (Å²) in [5.41, 5.74) is 4.02. The molecule has 0 spiro atoms. The van der Waals surface area contributed by atoms with E-state index in [0.717, 1.165) is 36.8 Å². The predicted molar refractivity (Wildman–Crippen MR) is 112 cm³/mol. The quantitative estimate of drug-likeness (QED) is 0.651. The van der Waals surface area contributed by atoms with E-state index in [4.69, 9.17) is 0 Å². The molecule has 0 unspecified atom stereocenters. The van der Waals surface area contributed by atoms with Crippen LogP contribution in [0.1, 0.15) is 56.6 Å². The first-order chi connectivity index (χ1) is 12.8. The van der Waals surface area contributed by atoms with Gasteiger partial charge in [-0.25, -0.2) is 8.42 Å². The second-order valence-corrected chi connectivity index (χ2v) is 9.14. The lowest BCUT2D eigenvalue weighted by Gasteiger charge is -2.26. The summed E-state index contributed by atoms with van der Waals surface area (Å²) >= 11 is 0. The van der Waals surface area contributed by atoms with Gasteiger partial charge in [0.15, 0.2) is 0 Å². The SMILES string of the molecule is CCc1cccc(C)c1N(CCC(=O)NCCC1=CCCCC1)S(C)(=O)=O. The number of sulfonamides is 1. The topological polar surface area (TPSA) is 66.5 Å². The number of anilines is 1. The van der Waals surface area contributed by atoms with Crippen LogP contribution in [-0.2, 0) is 21.2 Å². The van der Waals surface area contributed by atoms with Gasteiger partial charge in [0.2, 0.25) is 15.9 Å². The Hall–Kier alpha value is -1.82. The molecule has 1 aliphatic carbocycles. The van der Waals surface area contributed by atoms with Crippen molar-refractivity contribution in [1.29, 1.82) is 0 Å². The fourth-order valence-corrected chi connectivity index (χ4v) is 4.61. The Kier molecular flexibility index (Phi) is 7.90. The van der Waals surface area contributed by atoms with Crippen LogP contribution in [0.5, 0.6) is 0 Å². The third-order valence-corrected chi connectivity index (χ3v) is 6.21. The Morgan fingerprint density at radius 3 is 2.67 bits per heavy atom. The molecule has 27 heavy (non-hydrogen) atoms. The average Bonchev–Trinajstić information content (AvgIpc) is 2.62. The smallest absolute Gasteiger partial charge is 0.232 e. The molecule has 0 heterocycles. The highest BCUT2D eigenvalue weighted by Crippen LogP contribution is 2.28. The molecule has 0 fully saturated rings. The van der Waals surface area contributed by atoms with Crippen LogP contribution in [-0.4, -0.2) is 33.7 Å². The molecule has 5 nitrogen and oxygen atoms in total. The van der Waals surface area contributed by atoms with Gasteiger partial charge in [-0.1, -0.05) is 36.8 Å². The minimum atomic E-state index is -3.46. The Balaban J connectivity index is 1.97. The predicted octanol–water partition coefficient (Wildman–Crippen LogP) is 3.72. The fraction of sp³-hybridized carbons (Fsp3) is 0.571. The van der Waals surface area contributed by atoms with Gasteiger partial charge in [-0.05, 0) is 56.6 Å². The van der Waals surface area contributed by atoms with Crippen LogP contribution in [0.3, 0.4) is 0 Å². The maximum Gasteiger partial charge on any atom is 0.232 e. The van der Waals surface area contributed by atoms with Gasteiger partial charge in [0.05, 0.1) is 11.9 Å². The van der Waals surface area contributed by atoms with Gasteiger partial charge in [-0.15, -0.1) is 0 Å². The number of hydrogen-bond donors (Lipinski definition) is 1. The van der Waals surface area contributed by atoms with Crippen molar-refractivity contribution in [2.45, 2.75) is 58.8 Å². The van der Waals surface area contributed by atoms with Gasteiger partial charge in [-0.3, -0.25) is 9.10 Å². The Bertz CT molecular complexity index is 785. The molecule has 2 rings (SSSR count). The van der Waals surface area contributed by atoms with Crippen LogP contribution in [0.25, 0.3) is 0 Å². The highest BCUT2D eigenvalue weighted by Gasteiger charge is 2.22. The van der Waals surface area contributed by atoms with Crippen molar-refractivity contribution in [2.24, 2.45) is 0 Å². The molecule has 0 radical (unpaired) electrons. The Morgan fingerprint density at radius 2 is 2.04 bits per heavy atom. The number of nitrogens with one attached hydrogen (secondary N) is 1. The van der Waals surface area contributed by atoms with Crippen molar-refractivity contribution in [1.82, 2.24) is 5.32 Å². The number of amides is 1. The van der Waals surface area contributed by atoms with Crippen LogP contribution in [0.15, 0.2) is 29.8 Å². The van der Waals surface area contributed by atoms with E-state index >= 15 is 0 Å². The summed E-state index contributed by atoms with van der Waals surface area (Å²) in [6, 6.07) is 5.79. The zero-order valence-electron chi connectivity index (χ0n) is 16.8. The summed E-state index contributed by atoms with van der Waals surface area (Å²) in [5.74, 6) is -0.105. The summed E-state index contributed by atoms with van der Waals surface area (Å²) in [7, 11) is -3.46. The zero-order valence-corrected chi connectivity index (χ0v) is 17.6. The third kappa shape index (κ3) is 6.38. The number of aryl methyl sites for hydroxylation is 2. The van der Waals surface area contributed by atoms with Crippen LogP contribution >= 0.6 is 0 Å². The zero-order chi connectivity index (χ0) is 19.9. The summed E-state index contributed by atoms with van der Waals surface area (Å²) in [4.78, 5) is 12.2. The minimum absolute atomic E-state index is 0.105. The number of nitrogens with zero attached hydrogens (tertiary/aromatic N) is 1. The lowest BCUT2D eigenvalue weighted by atomic mass is 9.97. The highest BCUT2D eigenvalue weighted by molar-refractivity contribution is 7.92. The molecule has 0 saturated carbocycles. The van der Waals surface area contributed by atoms with Gasteiger partial charge < -0.3 is 5.32 Å². The molecule has 1 amide bonds. The summed E-state index contributed by atoms with van der Waals surface area (Å²) in [6.45, 7) is 4.69. The summed E-state index contributed by atoms with van der Waals surface area (Å²) in [6.07, 6.45) is 10.0. The first-order valence-electron chi connectivity index (χ1n) is 9.83. The van der Waals surface area contributed by atoms with E-state index in [1.165, 1.54) is 29.0 Å². The van der Waals surface area contributed by atoms with Gasteiger partial charge in [0.1, 0.15) is 0 Å². The number of hydrogen-bond acceptors (Lipinski definition) is 3. The number of para-hydroxylation sites is 1. The van der Waals surface area contributed by atoms with Crippen molar-refractivity contribution in [2.75, 3.05) is 23.7 Å². The first kappa shape index (κ1) is 21.5. The molecule has 0 aromatic heterocycles. The molecule has 1 N–H and O–H groups in total. The van der Waals surface area contributed by atoms with E-state index in [-0.39, 0.29) is 18.9 Å². The molecule has 0 aliphatic heterocycles. The number of carbonyl (C=O) groups is 1. The van der Waals surface area contributed by atoms with Crippen molar-refractivity contribution in [3.63, 3.8) is 0 Å². The molecule has 0 saturated heterocycles. The lowest BCUT2D eigenvalue weighted by molar-refractivity contribution is -0.120. The molecule has 0 atom stereocenters. The number of carbonyl (C=O) groups excluding carboxylic acids is 1. The van der Waals surface area contributed by atoms with Crippen LogP contribution in [0, 0.1) is 6.92 Å². The Morgan fingerprint density at radius 1 is 1.26 bits per heavy atom. The lowest BCUT2D eigenvalue weighted by Crippen LogP contribution is -2.36. The van der Waals surface area contributed by atoms with E-state index < -0.39 is 10.0 Å². The molecule has 1 aromatic rings.